The molecule has 0 radical (unpaired) electrons. The van der Waals surface area contributed by atoms with E-state index in [1.54, 1.807) is 0 Å². The number of hydrogen-bond acceptors (Lipinski definition) is 1. The number of H-pyrrole nitrogens is 2. The monoisotopic (exact) mass is 284 g/mol. The van der Waals surface area contributed by atoms with Crippen molar-refractivity contribution in [1.82, 2.24) is 9.97 Å². The van der Waals surface area contributed by atoms with Crippen LogP contribution in [-0.4, -0.2) is 9.97 Å². The first-order valence-electron chi connectivity index (χ1n) is 6.66. The first kappa shape index (κ1) is 11.8. The third-order valence-corrected chi connectivity index (χ3v) is 4.66. The van der Waals surface area contributed by atoms with Gasteiger partial charge in [-0.05, 0) is 35.2 Å². The second-order valence-corrected chi connectivity index (χ2v) is 5.77. The minimum absolute atomic E-state index is 0.0623. The fourth-order valence-electron chi connectivity index (χ4n) is 3.01. The van der Waals surface area contributed by atoms with E-state index in [2.05, 4.69) is 34.2 Å². The van der Waals surface area contributed by atoms with E-state index in [1.807, 2.05) is 18.2 Å². The maximum absolute atomic E-state index is 11.3. The number of imidazole rings is 1. The van der Waals surface area contributed by atoms with E-state index in [0.717, 1.165) is 23.0 Å². The largest absolute Gasteiger partial charge is 0.323 e. The molecule has 0 spiro atoms. The van der Waals surface area contributed by atoms with Crippen molar-refractivity contribution in [2.75, 3.05) is 0 Å². The molecule has 0 bridgehead atoms. The number of aromatic amines is 2. The predicted octanol–water partition coefficient (Wildman–Crippen LogP) is 3.48. The molecule has 4 rings (SSSR count). The first-order valence-corrected chi connectivity index (χ1v) is 7.10. The Labute approximate surface area is 120 Å². The maximum Gasteiger partial charge on any atom is 0.323 e. The van der Waals surface area contributed by atoms with Crippen LogP contribution in [0.15, 0.2) is 47.3 Å². The van der Waals surface area contributed by atoms with Crippen LogP contribution in [0.1, 0.15) is 28.0 Å². The van der Waals surface area contributed by atoms with Crippen LogP contribution in [0.5, 0.6) is 0 Å². The van der Waals surface area contributed by atoms with Crippen molar-refractivity contribution in [3.8, 4) is 0 Å². The van der Waals surface area contributed by atoms with Gasteiger partial charge in [0.25, 0.3) is 0 Å². The van der Waals surface area contributed by atoms with E-state index < -0.39 is 0 Å². The average molecular weight is 285 g/mol. The molecule has 1 heterocycles. The molecular weight excluding hydrogens is 272 g/mol. The van der Waals surface area contributed by atoms with Crippen LogP contribution >= 0.6 is 11.6 Å². The molecule has 0 saturated carbocycles. The van der Waals surface area contributed by atoms with Crippen molar-refractivity contribution >= 4 is 22.6 Å². The summed E-state index contributed by atoms with van der Waals surface area (Å²) in [6.45, 7) is 0. The van der Waals surface area contributed by atoms with Crippen molar-refractivity contribution < 1.29 is 0 Å². The molecule has 2 aromatic carbocycles. The highest BCUT2D eigenvalue weighted by atomic mass is 35.5. The smallest absolute Gasteiger partial charge is 0.306 e. The quantitative estimate of drug-likeness (QED) is 0.696. The molecule has 1 aromatic heterocycles. The number of nitrogens with one attached hydrogen (secondary N) is 2. The Morgan fingerprint density at radius 2 is 1.90 bits per heavy atom. The molecule has 1 aliphatic rings. The number of benzene rings is 2. The van der Waals surface area contributed by atoms with Gasteiger partial charge in [-0.2, -0.15) is 0 Å². The van der Waals surface area contributed by atoms with E-state index in [-0.39, 0.29) is 11.1 Å². The highest BCUT2D eigenvalue weighted by Gasteiger charge is 2.32. The lowest BCUT2D eigenvalue weighted by molar-refractivity contribution is 0.587. The Morgan fingerprint density at radius 1 is 1.10 bits per heavy atom. The Morgan fingerprint density at radius 3 is 2.75 bits per heavy atom. The predicted molar refractivity (Wildman–Crippen MR) is 80.4 cm³/mol. The summed E-state index contributed by atoms with van der Waals surface area (Å²) in [5.74, 6) is 0.357. The van der Waals surface area contributed by atoms with Crippen LogP contribution in [-0.2, 0) is 6.42 Å². The van der Waals surface area contributed by atoms with Gasteiger partial charge in [0.2, 0.25) is 0 Å². The molecule has 0 fully saturated rings. The number of hydrogen-bond donors (Lipinski definition) is 2. The molecule has 2 N–H and O–H groups in total. The Hall–Kier alpha value is -2.00. The standard InChI is InChI=1S/C16H13ClN2O/c17-15(12-7-9-3-1-2-4-11(9)12)10-5-6-13-14(8-10)19-16(20)18-13/h1-6,8,12,15H,7H2,(H2,18,19,20). The number of aromatic nitrogens is 2. The summed E-state index contributed by atoms with van der Waals surface area (Å²) in [5, 5.41) is -0.0623. The Bertz CT molecular complexity index is 849. The van der Waals surface area contributed by atoms with Crippen LogP contribution < -0.4 is 5.69 Å². The average Bonchev–Trinajstić information content (AvgIpc) is 2.79. The molecular formula is C16H13ClN2O. The molecule has 2 atom stereocenters. The fourth-order valence-corrected chi connectivity index (χ4v) is 3.37. The lowest BCUT2D eigenvalue weighted by Gasteiger charge is -2.33. The second-order valence-electron chi connectivity index (χ2n) is 5.30. The number of fused-ring (bicyclic) bond motifs is 2. The van der Waals surface area contributed by atoms with Crippen LogP contribution in [0.25, 0.3) is 11.0 Å². The summed E-state index contributed by atoms with van der Waals surface area (Å²) in [6, 6.07) is 14.3. The van der Waals surface area contributed by atoms with Gasteiger partial charge in [-0.3, -0.25) is 0 Å². The summed E-state index contributed by atoms with van der Waals surface area (Å²) >= 11 is 6.64. The van der Waals surface area contributed by atoms with Crippen LogP contribution in [0, 0.1) is 0 Å². The zero-order valence-electron chi connectivity index (χ0n) is 10.7. The lowest BCUT2D eigenvalue weighted by Crippen LogP contribution is -2.20. The molecule has 0 saturated heterocycles. The summed E-state index contributed by atoms with van der Waals surface area (Å²) in [5.41, 5.74) is 5.23. The fraction of sp³-hybridized carbons (Fsp3) is 0.188. The molecule has 3 aromatic rings. The number of alkyl halides is 1. The molecule has 2 unspecified atom stereocenters. The topological polar surface area (TPSA) is 48.6 Å². The molecule has 0 amide bonds. The van der Waals surface area contributed by atoms with Crippen LogP contribution in [0.4, 0.5) is 0 Å². The molecule has 4 heteroatoms. The highest BCUT2D eigenvalue weighted by Crippen LogP contribution is 2.46. The van der Waals surface area contributed by atoms with Gasteiger partial charge in [0.15, 0.2) is 0 Å². The summed E-state index contributed by atoms with van der Waals surface area (Å²) in [6.07, 6.45) is 1.02. The van der Waals surface area contributed by atoms with Gasteiger partial charge >= 0.3 is 5.69 Å². The van der Waals surface area contributed by atoms with Gasteiger partial charge < -0.3 is 9.97 Å². The van der Waals surface area contributed by atoms with Gasteiger partial charge in [0.05, 0.1) is 16.4 Å². The van der Waals surface area contributed by atoms with Gasteiger partial charge in [-0.25, -0.2) is 4.79 Å². The van der Waals surface area contributed by atoms with Gasteiger partial charge in [0, 0.05) is 5.92 Å². The van der Waals surface area contributed by atoms with Crippen molar-refractivity contribution in [1.29, 1.82) is 0 Å². The van der Waals surface area contributed by atoms with Crippen LogP contribution in [0.3, 0.4) is 0 Å². The minimum atomic E-state index is -0.183. The second kappa shape index (κ2) is 4.25. The summed E-state index contributed by atoms with van der Waals surface area (Å²) in [4.78, 5) is 16.8. The van der Waals surface area contributed by atoms with Crippen molar-refractivity contribution in [2.24, 2.45) is 0 Å². The van der Waals surface area contributed by atoms with Crippen LogP contribution in [0.2, 0.25) is 0 Å². The molecule has 0 aliphatic heterocycles. The highest BCUT2D eigenvalue weighted by molar-refractivity contribution is 6.21. The van der Waals surface area contributed by atoms with E-state index in [9.17, 15) is 4.79 Å². The Balaban J connectivity index is 1.71. The maximum atomic E-state index is 11.3. The number of rotatable bonds is 2. The zero-order valence-corrected chi connectivity index (χ0v) is 11.4. The zero-order chi connectivity index (χ0) is 13.7. The van der Waals surface area contributed by atoms with Crippen molar-refractivity contribution in [2.45, 2.75) is 17.7 Å². The van der Waals surface area contributed by atoms with E-state index in [0.29, 0.717) is 5.92 Å². The van der Waals surface area contributed by atoms with Gasteiger partial charge in [0.1, 0.15) is 0 Å². The first-order chi connectivity index (χ1) is 9.72. The minimum Gasteiger partial charge on any atom is -0.306 e. The molecule has 3 nitrogen and oxygen atoms in total. The summed E-state index contributed by atoms with van der Waals surface area (Å²) < 4.78 is 0. The molecule has 20 heavy (non-hydrogen) atoms. The van der Waals surface area contributed by atoms with Gasteiger partial charge in [-0.1, -0.05) is 30.3 Å². The SMILES string of the molecule is O=c1[nH]c2ccc(C(Cl)C3Cc4ccccc43)cc2[nH]1. The third kappa shape index (κ3) is 1.70. The number of halogens is 1. The van der Waals surface area contributed by atoms with E-state index in [4.69, 9.17) is 11.6 Å². The van der Waals surface area contributed by atoms with Gasteiger partial charge in [-0.15, -0.1) is 11.6 Å². The normalized spacial score (nSPS) is 18.6. The van der Waals surface area contributed by atoms with Crippen molar-refractivity contribution in [3.05, 3.63) is 69.6 Å². The molecule has 1 aliphatic carbocycles. The van der Waals surface area contributed by atoms with E-state index in [1.165, 1.54) is 11.1 Å². The summed E-state index contributed by atoms with van der Waals surface area (Å²) in [7, 11) is 0. The molecule has 100 valence electrons. The van der Waals surface area contributed by atoms with Crippen molar-refractivity contribution in [3.63, 3.8) is 0 Å². The third-order valence-electron chi connectivity index (χ3n) is 4.11. The van der Waals surface area contributed by atoms with E-state index >= 15 is 0 Å². The Kier molecular flexibility index (Phi) is 2.51. The lowest BCUT2D eigenvalue weighted by atomic mass is 9.74.